The second-order valence-corrected chi connectivity index (χ2v) is 6.46. The highest BCUT2D eigenvalue weighted by Crippen LogP contribution is 2.29. The number of fused-ring (bicyclic) bond motifs is 3. The lowest BCUT2D eigenvalue weighted by Crippen LogP contribution is -2.39. The molecule has 2 aliphatic heterocycles. The van der Waals surface area contributed by atoms with Gasteiger partial charge in [-0.15, -0.1) is 0 Å². The number of halogens is 2. The summed E-state index contributed by atoms with van der Waals surface area (Å²) in [5.41, 5.74) is 3.84. The number of benzene rings is 1. The lowest BCUT2D eigenvalue weighted by atomic mass is 10.0. The fourth-order valence-corrected chi connectivity index (χ4v) is 3.41. The summed E-state index contributed by atoms with van der Waals surface area (Å²) in [7, 11) is 0. The van der Waals surface area contributed by atoms with Crippen molar-refractivity contribution in [3.63, 3.8) is 0 Å². The minimum absolute atomic E-state index is 0.0574. The molecule has 0 aliphatic carbocycles. The summed E-state index contributed by atoms with van der Waals surface area (Å²) in [5, 5.41) is 2.49. The molecule has 0 unspecified atom stereocenters. The van der Waals surface area contributed by atoms with Crippen LogP contribution in [0, 0.1) is 0 Å². The van der Waals surface area contributed by atoms with E-state index in [1.54, 1.807) is 6.08 Å². The molecule has 0 saturated heterocycles. The highest BCUT2D eigenvalue weighted by molar-refractivity contribution is 6.47. The highest BCUT2D eigenvalue weighted by Gasteiger charge is 2.27. The monoisotopic (exact) mass is 333 g/mol. The minimum atomic E-state index is -0.0574. The fraction of sp³-hybridized carbons (Fsp3) is 0.250. The van der Waals surface area contributed by atoms with E-state index in [4.69, 9.17) is 23.2 Å². The van der Waals surface area contributed by atoms with E-state index in [0.29, 0.717) is 30.4 Å². The Labute approximate surface area is 137 Å². The van der Waals surface area contributed by atoms with E-state index in [1.165, 1.54) is 5.56 Å². The first-order valence-electron chi connectivity index (χ1n) is 7.10. The number of H-pyrrole nitrogens is 1. The number of aromatic amines is 1. The van der Waals surface area contributed by atoms with Crippen molar-refractivity contribution < 1.29 is 4.79 Å². The second-order valence-electron chi connectivity index (χ2n) is 5.54. The largest absolute Gasteiger partial charge is 0.357 e. The number of amides is 1. The summed E-state index contributed by atoms with van der Waals surface area (Å²) in [5.74, 6) is -0.0574. The maximum absolute atomic E-state index is 12.5. The third-order valence-electron chi connectivity index (χ3n) is 4.14. The molecule has 0 atom stereocenters. The van der Waals surface area contributed by atoms with Crippen LogP contribution in [0.25, 0.3) is 10.9 Å². The molecular formula is C16H13Cl2N3O. The van der Waals surface area contributed by atoms with Crippen LogP contribution in [0.3, 0.4) is 0 Å². The zero-order chi connectivity index (χ0) is 15.3. The Morgan fingerprint density at radius 1 is 1.32 bits per heavy atom. The number of rotatable bonds is 1. The first kappa shape index (κ1) is 13.9. The van der Waals surface area contributed by atoms with Gasteiger partial charge in [-0.25, -0.2) is 0 Å². The van der Waals surface area contributed by atoms with Gasteiger partial charge in [0.25, 0.3) is 5.91 Å². The molecule has 0 bridgehead atoms. The average molecular weight is 334 g/mol. The molecule has 2 aliphatic rings. The summed E-state index contributed by atoms with van der Waals surface area (Å²) < 4.78 is 0. The van der Waals surface area contributed by atoms with Crippen LogP contribution in [-0.2, 0) is 17.8 Å². The van der Waals surface area contributed by atoms with Crippen LogP contribution in [0.2, 0.25) is 5.02 Å². The van der Waals surface area contributed by atoms with Gasteiger partial charge < -0.3 is 9.88 Å². The Bertz CT molecular complexity index is 850. The van der Waals surface area contributed by atoms with Gasteiger partial charge in [0.15, 0.2) is 0 Å². The van der Waals surface area contributed by atoms with E-state index in [0.717, 1.165) is 28.0 Å². The maximum Gasteiger partial charge on any atom is 0.272 e. The van der Waals surface area contributed by atoms with Crippen LogP contribution >= 0.6 is 23.2 Å². The molecule has 112 valence electrons. The number of aromatic nitrogens is 1. The lowest BCUT2D eigenvalue weighted by Gasteiger charge is -2.26. The highest BCUT2D eigenvalue weighted by atomic mass is 35.5. The summed E-state index contributed by atoms with van der Waals surface area (Å²) in [6.07, 6.45) is 2.47. The number of hydrogen-bond acceptors (Lipinski definition) is 2. The fourth-order valence-electron chi connectivity index (χ4n) is 3.08. The van der Waals surface area contributed by atoms with E-state index < -0.39 is 0 Å². The zero-order valence-corrected chi connectivity index (χ0v) is 13.2. The van der Waals surface area contributed by atoms with E-state index in [2.05, 4.69) is 9.98 Å². The van der Waals surface area contributed by atoms with Gasteiger partial charge in [-0.2, -0.15) is 0 Å². The molecule has 0 spiro atoms. The summed E-state index contributed by atoms with van der Waals surface area (Å²) in [6, 6.07) is 5.83. The topological polar surface area (TPSA) is 48.5 Å². The Morgan fingerprint density at radius 2 is 2.18 bits per heavy atom. The predicted octanol–water partition coefficient (Wildman–Crippen LogP) is 3.28. The molecule has 0 radical (unpaired) electrons. The van der Waals surface area contributed by atoms with Gasteiger partial charge in [-0.1, -0.05) is 23.2 Å². The molecule has 1 aromatic heterocycles. The average Bonchev–Trinajstić information content (AvgIpc) is 3.09. The second kappa shape index (κ2) is 5.14. The number of hydrogen-bond donors (Lipinski definition) is 1. The van der Waals surface area contributed by atoms with Gasteiger partial charge in [0.2, 0.25) is 0 Å². The minimum Gasteiger partial charge on any atom is -0.357 e. The first-order valence-corrected chi connectivity index (χ1v) is 7.86. The molecule has 6 heteroatoms. The molecule has 1 aromatic carbocycles. The molecule has 22 heavy (non-hydrogen) atoms. The Morgan fingerprint density at radius 3 is 2.95 bits per heavy atom. The Balaban J connectivity index is 1.64. The van der Waals surface area contributed by atoms with Gasteiger partial charge in [-0.3, -0.25) is 9.79 Å². The van der Waals surface area contributed by atoms with Crippen molar-refractivity contribution in [3.8, 4) is 0 Å². The van der Waals surface area contributed by atoms with Crippen molar-refractivity contribution in [1.82, 2.24) is 9.88 Å². The molecule has 1 amide bonds. The molecule has 4 nitrogen and oxygen atoms in total. The van der Waals surface area contributed by atoms with Gasteiger partial charge in [0, 0.05) is 33.2 Å². The lowest BCUT2D eigenvalue weighted by molar-refractivity contribution is -0.124. The van der Waals surface area contributed by atoms with Crippen LogP contribution in [-0.4, -0.2) is 34.6 Å². The first-order chi connectivity index (χ1) is 10.6. The van der Waals surface area contributed by atoms with Crippen molar-refractivity contribution in [1.29, 1.82) is 0 Å². The zero-order valence-electron chi connectivity index (χ0n) is 11.7. The van der Waals surface area contributed by atoms with E-state index in [9.17, 15) is 4.79 Å². The SMILES string of the molecule is O=C(C1=NCC(Cl)=C1)N1CCc2c([nH]c3ccc(Cl)cc23)C1. The quantitative estimate of drug-likeness (QED) is 0.855. The van der Waals surface area contributed by atoms with Crippen LogP contribution in [0.15, 0.2) is 34.3 Å². The van der Waals surface area contributed by atoms with E-state index in [1.807, 2.05) is 23.1 Å². The molecule has 3 heterocycles. The van der Waals surface area contributed by atoms with Crippen molar-refractivity contribution in [2.24, 2.45) is 4.99 Å². The predicted molar refractivity (Wildman–Crippen MR) is 88.7 cm³/mol. The van der Waals surface area contributed by atoms with Crippen LogP contribution in [0.1, 0.15) is 11.3 Å². The van der Waals surface area contributed by atoms with Crippen LogP contribution in [0.4, 0.5) is 0 Å². The summed E-state index contributed by atoms with van der Waals surface area (Å²) in [4.78, 5) is 21.9. The van der Waals surface area contributed by atoms with Crippen molar-refractivity contribution in [2.45, 2.75) is 13.0 Å². The van der Waals surface area contributed by atoms with E-state index in [-0.39, 0.29) is 5.91 Å². The number of nitrogens with zero attached hydrogens (tertiary/aromatic N) is 2. The summed E-state index contributed by atoms with van der Waals surface area (Å²) >= 11 is 12.0. The number of carbonyl (C=O) groups excluding carboxylic acids is 1. The van der Waals surface area contributed by atoms with Crippen LogP contribution in [0.5, 0.6) is 0 Å². The smallest absolute Gasteiger partial charge is 0.272 e. The molecule has 0 saturated carbocycles. The maximum atomic E-state index is 12.5. The number of aliphatic imine (C=N–C) groups is 1. The number of nitrogens with one attached hydrogen (secondary N) is 1. The molecule has 1 N–H and O–H groups in total. The van der Waals surface area contributed by atoms with E-state index >= 15 is 0 Å². The summed E-state index contributed by atoms with van der Waals surface area (Å²) in [6.45, 7) is 1.65. The molecule has 0 fully saturated rings. The molecular weight excluding hydrogens is 321 g/mol. The van der Waals surface area contributed by atoms with Crippen molar-refractivity contribution >= 4 is 45.7 Å². The molecule has 2 aromatic rings. The normalized spacial score (nSPS) is 17.5. The number of carbonyl (C=O) groups is 1. The van der Waals surface area contributed by atoms with Crippen LogP contribution < -0.4 is 0 Å². The Kier molecular flexibility index (Phi) is 3.24. The van der Waals surface area contributed by atoms with Gasteiger partial charge in [-0.05, 0) is 36.3 Å². The van der Waals surface area contributed by atoms with Crippen molar-refractivity contribution in [2.75, 3.05) is 13.1 Å². The molecule has 4 rings (SSSR count). The van der Waals surface area contributed by atoms with Gasteiger partial charge in [0.05, 0.1) is 13.1 Å². The van der Waals surface area contributed by atoms with Gasteiger partial charge in [0.1, 0.15) is 5.71 Å². The standard InChI is InChI=1S/C16H13Cl2N3O/c17-9-1-2-13-12(5-9)11-3-4-21(8-15(11)20-13)16(22)14-6-10(18)7-19-14/h1-2,5-6,20H,3-4,7-8H2. The third-order valence-corrected chi connectivity index (χ3v) is 4.60. The van der Waals surface area contributed by atoms with Crippen molar-refractivity contribution in [3.05, 3.63) is 45.6 Å². The van der Waals surface area contributed by atoms with Gasteiger partial charge >= 0.3 is 0 Å². The Hall–Kier alpha value is -1.78. The third kappa shape index (κ3) is 2.23.